The maximum Gasteiger partial charge on any atom is 0.310 e. The normalized spacial score (nSPS) is 20.2. The number of nitro groups is 1. The topological polar surface area (TPSA) is 113 Å². The van der Waals surface area contributed by atoms with E-state index in [1.54, 1.807) is 12.1 Å². The molecular weight excluding hydrogens is 350 g/mol. The fourth-order valence-electron chi connectivity index (χ4n) is 3.42. The molecule has 1 amide bonds. The predicted molar refractivity (Wildman–Crippen MR) is 102 cm³/mol. The van der Waals surface area contributed by atoms with Gasteiger partial charge in [-0.1, -0.05) is 13.8 Å². The first-order chi connectivity index (χ1) is 12.5. The van der Waals surface area contributed by atoms with Crippen molar-refractivity contribution in [2.75, 3.05) is 24.5 Å². The van der Waals surface area contributed by atoms with E-state index in [-0.39, 0.29) is 17.8 Å². The van der Waals surface area contributed by atoms with E-state index < -0.39 is 22.2 Å². The lowest BCUT2D eigenvalue weighted by atomic mass is 9.91. The van der Waals surface area contributed by atoms with Crippen molar-refractivity contribution in [2.24, 2.45) is 17.3 Å². The summed E-state index contributed by atoms with van der Waals surface area (Å²) in [7, 11) is 0. The molecule has 0 radical (unpaired) electrons. The number of nitrogens with zero attached hydrogens (tertiary/aromatic N) is 2. The van der Waals surface area contributed by atoms with Crippen LogP contribution in [0.3, 0.4) is 0 Å². The van der Waals surface area contributed by atoms with Crippen molar-refractivity contribution in [2.45, 2.75) is 34.1 Å². The number of rotatable bonds is 6. The number of carboxylic acids is 1. The molecule has 2 rings (SSSR count). The maximum absolute atomic E-state index is 12.3. The van der Waals surface area contributed by atoms with Gasteiger partial charge in [0, 0.05) is 31.3 Å². The summed E-state index contributed by atoms with van der Waals surface area (Å²) in [5.41, 5.74) is -0.575. The lowest BCUT2D eigenvalue weighted by molar-refractivity contribution is -0.384. The van der Waals surface area contributed by atoms with Crippen LogP contribution in [0.25, 0.3) is 0 Å². The van der Waals surface area contributed by atoms with Gasteiger partial charge < -0.3 is 15.3 Å². The molecule has 0 spiro atoms. The Labute approximate surface area is 158 Å². The van der Waals surface area contributed by atoms with Crippen molar-refractivity contribution in [3.8, 4) is 0 Å². The quantitative estimate of drug-likeness (QED) is 0.582. The summed E-state index contributed by atoms with van der Waals surface area (Å²) in [5, 5.41) is 23.2. The summed E-state index contributed by atoms with van der Waals surface area (Å²) in [5.74, 6) is -0.680. The molecule has 1 aliphatic rings. The average molecular weight is 377 g/mol. The van der Waals surface area contributed by atoms with Crippen LogP contribution in [-0.2, 0) is 4.79 Å². The number of hydrogen-bond acceptors (Lipinski definition) is 5. The maximum atomic E-state index is 12.3. The second-order valence-electron chi connectivity index (χ2n) is 8.18. The number of nitro benzene ring substituents is 1. The monoisotopic (exact) mass is 377 g/mol. The van der Waals surface area contributed by atoms with Gasteiger partial charge in [-0.15, -0.1) is 0 Å². The Morgan fingerprint density at radius 1 is 1.30 bits per heavy atom. The van der Waals surface area contributed by atoms with Gasteiger partial charge in [-0.3, -0.25) is 19.7 Å². The third-order valence-electron chi connectivity index (χ3n) is 4.91. The molecule has 2 N–H and O–H groups in total. The molecule has 1 aromatic carbocycles. The Balaban J connectivity index is 2.23. The molecule has 0 saturated carbocycles. The molecule has 0 aliphatic carbocycles. The molecule has 0 aromatic heterocycles. The minimum Gasteiger partial charge on any atom is -0.481 e. The minimum absolute atomic E-state index is 0.0716. The first kappa shape index (κ1) is 20.7. The number of nitrogens with one attached hydrogen (secondary N) is 1. The van der Waals surface area contributed by atoms with E-state index in [9.17, 15) is 19.7 Å². The summed E-state index contributed by atoms with van der Waals surface area (Å²) in [6.45, 7) is 8.66. The first-order valence-corrected chi connectivity index (χ1v) is 9.06. The highest BCUT2D eigenvalue weighted by atomic mass is 16.6. The van der Waals surface area contributed by atoms with Crippen LogP contribution in [0.5, 0.6) is 0 Å². The van der Waals surface area contributed by atoms with E-state index in [2.05, 4.69) is 19.2 Å². The largest absolute Gasteiger partial charge is 0.481 e. The van der Waals surface area contributed by atoms with Gasteiger partial charge in [-0.25, -0.2) is 0 Å². The zero-order valence-corrected chi connectivity index (χ0v) is 16.2. The molecular formula is C19H27N3O5. The summed E-state index contributed by atoms with van der Waals surface area (Å²) >= 11 is 0. The van der Waals surface area contributed by atoms with Crippen molar-refractivity contribution in [1.82, 2.24) is 5.32 Å². The SMILES string of the molecule is CC1CC(C)CN(c2ccc(C(=O)NCC(C)(C)C(=O)O)cc2[N+](=O)[O-])C1. The van der Waals surface area contributed by atoms with Crippen LogP contribution in [0, 0.1) is 27.4 Å². The highest BCUT2D eigenvalue weighted by molar-refractivity contribution is 5.96. The van der Waals surface area contributed by atoms with Crippen LogP contribution in [-0.4, -0.2) is 41.5 Å². The molecule has 1 heterocycles. The number of benzene rings is 1. The highest BCUT2D eigenvalue weighted by Crippen LogP contribution is 2.33. The van der Waals surface area contributed by atoms with Crippen molar-refractivity contribution in [1.29, 1.82) is 0 Å². The fourth-order valence-corrected chi connectivity index (χ4v) is 3.42. The Morgan fingerprint density at radius 3 is 2.41 bits per heavy atom. The van der Waals surface area contributed by atoms with Gasteiger partial charge in [-0.05, 0) is 44.2 Å². The molecule has 148 valence electrons. The second-order valence-corrected chi connectivity index (χ2v) is 8.18. The smallest absolute Gasteiger partial charge is 0.310 e. The zero-order chi connectivity index (χ0) is 20.4. The van der Waals surface area contributed by atoms with Crippen LogP contribution in [0.4, 0.5) is 11.4 Å². The molecule has 2 unspecified atom stereocenters. The minimum atomic E-state index is -1.12. The summed E-state index contributed by atoms with van der Waals surface area (Å²) in [6, 6.07) is 4.43. The first-order valence-electron chi connectivity index (χ1n) is 9.06. The van der Waals surface area contributed by atoms with Crippen LogP contribution in [0.2, 0.25) is 0 Å². The van der Waals surface area contributed by atoms with Crippen molar-refractivity contribution >= 4 is 23.3 Å². The second kappa shape index (κ2) is 7.94. The van der Waals surface area contributed by atoms with Crippen LogP contribution < -0.4 is 10.2 Å². The summed E-state index contributed by atoms with van der Waals surface area (Å²) in [6.07, 6.45) is 1.09. The Bertz CT molecular complexity index is 737. The number of aliphatic carboxylic acids is 1. The molecule has 2 atom stereocenters. The van der Waals surface area contributed by atoms with Crippen LogP contribution >= 0.6 is 0 Å². The van der Waals surface area contributed by atoms with Gasteiger partial charge in [0.25, 0.3) is 11.6 Å². The molecule has 1 fully saturated rings. The molecule has 1 aromatic rings. The fraction of sp³-hybridized carbons (Fsp3) is 0.579. The molecule has 1 aliphatic heterocycles. The number of hydrogen-bond donors (Lipinski definition) is 2. The Kier molecular flexibility index (Phi) is 6.08. The van der Waals surface area contributed by atoms with E-state index in [0.717, 1.165) is 19.5 Å². The van der Waals surface area contributed by atoms with Crippen molar-refractivity contribution in [3.05, 3.63) is 33.9 Å². The van der Waals surface area contributed by atoms with Gasteiger partial charge in [0.2, 0.25) is 0 Å². The summed E-state index contributed by atoms with van der Waals surface area (Å²) in [4.78, 5) is 36.6. The molecule has 8 nitrogen and oxygen atoms in total. The Morgan fingerprint density at radius 2 is 1.89 bits per heavy atom. The number of carbonyl (C=O) groups is 2. The number of carbonyl (C=O) groups excluding carboxylic acids is 1. The highest BCUT2D eigenvalue weighted by Gasteiger charge is 2.30. The van der Waals surface area contributed by atoms with Gasteiger partial charge in [0.1, 0.15) is 5.69 Å². The third-order valence-corrected chi connectivity index (χ3v) is 4.91. The van der Waals surface area contributed by atoms with Gasteiger partial charge >= 0.3 is 5.97 Å². The number of piperidine rings is 1. The van der Waals surface area contributed by atoms with E-state index >= 15 is 0 Å². The van der Waals surface area contributed by atoms with Crippen molar-refractivity contribution < 1.29 is 19.6 Å². The molecule has 8 heteroatoms. The lowest BCUT2D eigenvalue weighted by Crippen LogP contribution is -2.39. The predicted octanol–water partition coefficient (Wildman–Crippen LogP) is 2.92. The van der Waals surface area contributed by atoms with Gasteiger partial charge in [0.05, 0.1) is 10.3 Å². The number of amides is 1. The molecule has 1 saturated heterocycles. The van der Waals surface area contributed by atoms with E-state index in [4.69, 9.17) is 5.11 Å². The van der Waals surface area contributed by atoms with Crippen molar-refractivity contribution in [3.63, 3.8) is 0 Å². The third kappa shape index (κ3) is 4.96. The Hall–Kier alpha value is -2.64. The van der Waals surface area contributed by atoms with Gasteiger partial charge in [0.15, 0.2) is 0 Å². The molecule has 27 heavy (non-hydrogen) atoms. The van der Waals surface area contributed by atoms with E-state index in [0.29, 0.717) is 17.5 Å². The standard InChI is InChI=1S/C19H27N3O5/c1-12-7-13(2)10-21(9-12)15-6-5-14(8-16(15)22(26)27)17(23)20-11-19(3,4)18(24)25/h5-6,8,12-13H,7,9-11H2,1-4H3,(H,20,23)(H,24,25). The van der Waals surface area contributed by atoms with Gasteiger partial charge in [-0.2, -0.15) is 0 Å². The van der Waals surface area contributed by atoms with E-state index in [1.165, 1.54) is 19.9 Å². The summed E-state index contributed by atoms with van der Waals surface area (Å²) < 4.78 is 0. The number of carboxylic acid groups (broad SMARTS) is 1. The van der Waals surface area contributed by atoms with Crippen LogP contribution in [0.15, 0.2) is 18.2 Å². The lowest BCUT2D eigenvalue weighted by Gasteiger charge is -2.36. The average Bonchev–Trinajstić information content (AvgIpc) is 2.58. The molecule has 0 bridgehead atoms. The number of anilines is 1. The zero-order valence-electron chi connectivity index (χ0n) is 16.2. The van der Waals surface area contributed by atoms with Crippen LogP contribution in [0.1, 0.15) is 44.5 Å². The van der Waals surface area contributed by atoms with E-state index in [1.807, 2.05) is 4.90 Å².